The van der Waals surface area contributed by atoms with Gasteiger partial charge < -0.3 is 19.4 Å². The van der Waals surface area contributed by atoms with Gasteiger partial charge in [0.05, 0.1) is 25.4 Å². The maximum absolute atomic E-state index is 8.97. The summed E-state index contributed by atoms with van der Waals surface area (Å²) < 4.78 is 7.28. The predicted molar refractivity (Wildman–Crippen MR) is 70.1 cm³/mol. The number of hydrogen-bond acceptors (Lipinski definition) is 6. The molecule has 0 bridgehead atoms. The van der Waals surface area contributed by atoms with E-state index in [0.717, 1.165) is 17.3 Å². The summed E-state index contributed by atoms with van der Waals surface area (Å²) in [5, 5.41) is 12.0. The molecule has 2 aromatic heterocycles. The van der Waals surface area contributed by atoms with E-state index in [1.54, 1.807) is 6.20 Å². The summed E-state index contributed by atoms with van der Waals surface area (Å²) in [5.41, 5.74) is 0.789. The van der Waals surface area contributed by atoms with Crippen LogP contribution in [0.1, 0.15) is 0 Å². The van der Waals surface area contributed by atoms with Gasteiger partial charge in [0.15, 0.2) is 17.6 Å². The van der Waals surface area contributed by atoms with Crippen molar-refractivity contribution in [2.75, 3.05) is 37.0 Å². The second kappa shape index (κ2) is 4.74. The number of anilines is 2. The molecule has 3 heterocycles. The molecule has 1 N–H and O–H groups in total. The van der Waals surface area contributed by atoms with Gasteiger partial charge in [-0.15, -0.1) is 0 Å². The number of hydrogen-bond donors (Lipinski definition) is 1. The second-order valence-corrected chi connectivity index (χ2v) is 4.29. The first kappa shape index (κ1) is 11.7. The first-order chi connectivity index (χ1) is 9.31. The zero-order valence-corrected chi connectivity index (χ0v) is 10.6. The van der Waals surface area contributed by atoms with Crippen LogP contribution >= 0.6 is 0 Å². The lowest BCUT2D eigenvalue weighted by Gasteiger charge is -2.30. The minimum atomic E-state index is -0.413. The van der Waals surface area contributed by atoms with Gasteiger partial charge in [-0.3, -0.25) is 0 Å². The SMILES string of the molecule is CNc1cn2ccnc2c(N2CCOC(C#N)C2)n1. The second-order valence-electron chi connectivity index (χ2n) is 4.29. The normalized spacial score (nSPS) is 19.4. The van der Waals surface area contributed by atoms with Crippen molar-refractivity contribution in [1.82, 2.24) is 14.4 Å². The Morgan fingerprint density at radius 3 is 3.26 bits per heavy atom. The maximum Gasteiger partial charge on any atom is 0.180 e. The average Bonchev–Trinajstić information content (AvgIpc) is 2.94. The molecule has 98 valence electrons. The smallest absolute Gasteiger partial charge is 0.180 e. The van der Waals surface area contributed by atoms with Crippen molar-refractivity contribution in [3.8, 4) is 6.07 Å². The Labute approximate surface area is 110 Å². The van der Waals surface area contributed by atoms with Crippen molar-refractivity contribution in [1.29, 1.82) is 5.26 Å². The molecule has 1 atom stereocenters. The van der Waals surface area contributed by atoms with Crippen LogP contribution in [0.3, 0.4) is 0 Å². The average molecular weight is 258 g/mol. The predicted octanol–water partition coefficient (Wildman–Crippen LogP) is 0.500. The lowest BCUT2D eigenvalue weighted by atomic mass is 10.3. The third kappa shape index (κ3) is 2.06. The monoisotopic (exact) mass is 258 g/mol. The van der Waals surface area contributed by atoms with E-state index < -0.39 is 6.10 Å². The molecule has 1 fully saturated rings. The van der Waals surface area contributed by atoms with Gasteiger partial charge in [-0.2, -0.15) is 5.26 Å². The van der Waals surface area contributed by atoms with Crippen LogP contribution in [0.4, 0.5) is 11.6 Å². The quantitative estimate of drug-likeness (QED) is 0.845. The van der Waals surface area contributed by atoms with Crippen LogP contribution in [0.2, 0.25) is 0 Å². The van der Waals surface area contributed by atoms with Crippen molar-refractivity contribution in [3.05, 3.63) is 18.6 Å². The number of rotatable bonds is 2. The molecule has 0 spiro atoms. The molecule has 0 radical (unpaired) electrons. The van der Waals surface area contributed by atoms with E-state index in [1.165, 1.54) is 0 Å². The number of nitrogens with one attached hydrogen (secondary N) is 1. The zero-order chi connectivity index (χ0) is 13.2. The number of aromatic nitrogens is 3. The Hall–Kier alpha value is -2.33. The van der Waals surface area contributed by atoms with Gasteiger partial charge in [0.25, 0.3) is 0 Å². The van der Waals surface area contributed by atoms with Crippen molar-refractivity contribution in [2.24, 2.45) is 0 Å². The minimum Gasteiger partial charge on any atom is -0.372 e. The van der Waals surface area contributed by atoms with E-state index in [2.05, 4.69) is 21.4 Å². The van der Waals surface area contributed by atoms with Gasteiger partial charge >= 0.3 is 0 Å². The van der Waals surface area contributed by atoms with Gasteiger partial charge in [0.1, 0.15) is 5.82 Å². The molecule has 0 aliphatic carbocycles. The first-order valence-electron chi connectivity index (χ1n) is 6.09. The van der Waals surface area contributed by atoms with E-state index in [9.17, 15) is 0 Å². The van der Waals surface area contributed by atoms with E-state index in [-0.39, 0.29) is 0 Å². The van der Waals surface area contributed by atoms with E-state index in [4.69, 9.17) is 10.00 Å². The van der Waals surface area contributed by atoms with E-state index >= 15 is 0 Å². The summed E-state index contributed by atoms with van der Waals surface area (Å²) in [6.45, 7) is 1.75. The van der Waals surface area contributed by atoms with Crippen LogP contribution in [0, 0.1) is 11.3 Å². The zero-order valence-electron chi connectivity index (χ0n) is 10.6. The maximum atomic E-state index is 8.97. The van der Waals surface area contributed by atoms with Gasteiger partial charge in [0.2, 0.25) is 0 Å². The fourth-order valence-electron chi connectivity index (χ4n) is 2.17. The van der Waals surface area contributed by atoms with Crippen molar-refractivity contribution in [3.63, 3.8) is 0 Å². The van der Waals surface area contributed by atoms with Crippen LogP contribution in [0.25, 0.3) is 5.65 Å². The molecule has 1 saturated heterocycles. The van der Waals surface area contributed by atoms with E-state index in [1.807, 2.05) is 28.7 Å². The van der Waals surface area contributed by atoms with Gasteiger partial charge in [-0.1, -0.05) is 0 Å². The molecule has 7 nitrogen and oxygen atoms in total. The Bertz CT molecular complexity index is 631. The van der Waals surface area contributed by atoms with Crippen molar-refractivity contribution < 1.29 is 4.74 Å². The third-order valence-corrected chi connectivity index (χ3v) is 3.12. The van der Waals surface area contributed by atoms with Crippen molar-refractivity contribution in [2.45, 2.75) is 6.10 Å². The highest BCUT2D eigenvalue weighted by Crippen LogP contribution is 2.22. The van der Waals surface area contributed by atoms with E-state index in [0.29, 0.717) is 19.7 Å². The number of nitrogens with zero attached hydrogens (tertiary/aromatic N) is 5. The van der Waals surface area contributed by atoms with Crippen LogP contribution in [-0.2, 0) is 4.74 Å². The largest absolute Gasteiger partial charge is 0.372 e. The number of ether oxygens (including phenoxy) is 1. The number of imidazole rings is 1. The molecule has 1 unspecified atom stereocenters. The molecule has 7 heteroatoms. The molecule has 0 amide bonds. The molecule has 0 saturated carbocycles. The molecule has 0 aromatic carbocycles. The lowest BCUT2D eigenvalue weighted by molar-refractivity contribution is 0.0762. The highest BCUT2D eigenvalue weighted by atomic mass is 16.5. The van der Waals surface area contributed by atoms with Crippen LogP contribution in [-0.4, -0.2) is 47.2 Å². The lowest BCUT2D eigenvalue weighted by Crippen LogP contribution is -2.42. The van der Waals surface area contributed by atoms with Gasteiger partial charge in [-0.05, 0) is 0 Å². The molecule has 1 aliphatic rings. The minimum absolute atomic E-state index is 0.413. The molecule has 2 aromatic rings. The molecule has 1 aliphatic heterocycles. The van der Waals surface area contributed by atoms with Crippen LogP contribution in [0.15, 0.2) is 18.6 Å². The highest BCUT2D eigenvalue weighted by Gasteiger charge is 2.23. The molecular formula is C12H14N6O. The number of fused-ring (bicyclic) bond motifs is 1. The summed E-state index contributed by atoms with van der Waals surface area (Å²) in [5.74, 6) is 1.54. The standard InChI is InChI=1S/C12H14N6O/c1-14-10-8-17-3-2-15-11(17)12(16-10)18-4-5-19-9(6-13)7-18/h2-3,8-9,14H,4-5,7H2,1H3. The fraction of sp³-hybridized carbons (Fsp3) is 0.417. The topological polar surface area (TPSA) is 78.5 Å². The summed E-state index contributed by atoms with van der Waals surface area (Å²) in [6, 6.07) is 2.14. The Morgan fingerprint density at radius 1 is 1.58 bits per heavy atom. The first-order valence-corrected chi connectivity index (χ1v) is 6.09. The van der Waals surface area contributed by atoms with Crippen LogP contribution in [0.5, 0.6) is 0 Å². The molecule has 19 heavy (non-hydrogen) atoms. The Kier molecular flexibility index (Phi) is 2.93. The summed E-state index contributed by atoms with van der Waals surface area (Å²) in [4.78, 5) is 10.9. The van der Waals surface area contributed by atoms with Crippen LogP contribution < -0.4 is 10.2 Å². The van der Waals surface area contributed by atoms with Gasteiger partial charge in [0, 0.05) is 26.0 Å². The summed E-state index contributed by atoms with van der Waals surface area (Å²) >= 11 is 0. The van der Waals surface area contributed by atoms with Crippen molar-refractivity contribution >= 4 is 17.3 Å². The third-order valence-electron chi connectivity index (χ3n) is 3.12. The fourth-order valence-corrected chi connectivity index (χ4v) is 2.17. The molecule has 3 rings (SSSR count). The summed E-state index contributed by atoms with van der Waals surface area (Å²) in [6.07, 6.45) is 5.09. The number of nitriles is 1. The Morgan fingerprint density at radius 2 is 2.47 bits per heavy atom. The Balaban J connectivity index is 2.03. The highest BCUT2D eigenvalue weighted by molar-refractivity contribution is 5.67. The number of morpholine rings is 1. The summed E-state index contributed by atoms with van der Waals surface area (Å²) in [7, 11) is 1.83. The molecular weight excluding hydrogens is 244 g/mol. The van der Waals surface area contributed by atoms with Gasteiger partial charge in [-0.25, -0.2) is 9.97 Å².